The quantitative estimate of drug-likeness (QED) is 0.228. The second-order valence-corrected chi connectivity index (χ2v) is 8.46. The van der Waals surface area contributed by atoms with Crippen LogP contribution in [0.4, 0.5) is 4.39 Å². The van der Waals surface area contributed by atoms with Crippen molar-refractivity contribution in [1.29, 1.82) is 0 Å². The van der Waals surface area contributed by atoms with Crippen LogP contribution in [0.15, 0.2) is 36.4 Å². The summed E-state index contributed by atoms with van der Waals surface area (Å²) in [4.78, 5) is 2.58. The van der Waals surface area contributed by atoms with Crippen molar-refractivity contribution >= 4 is 36.4 Å². The summed E-state index contributed by atoms with van der Waals surface area (Å²) in [5.41, 5.74) is 1.76. The fourth-order valence-corrected chi connectivity index (χ4v) is 3.79. The van der Waals surface area contributed by atoms with Gasteiger partial charge in [0.1, 0.15) is 12.4 Å². The van der Waals surface area contributed by atoms with Crippen molar-refractivity contribution in [2.24, 2.45) is 0 Å². The molecule has 2 aromatic carbocycles. The van der Waals surface area contributed by atoms with Crippen molar-refractivity contribution in [2.75, 3.05) is 33.3 Å². The van der Waals surface area contributed by atoms with E-state index in [4.69, 9.17) is 21.1 Å². The number of benzene rings is 2. The predicted octanol–water partition coefficient (Wildman–Crippen LogP) is 7.29. The number of nitrogens with one attached hydrogen (secondary N) is 1. The molecule has 0 aliphatic rings. The number of halogens is 4. The number of hydrogen-bond donors (Lipinski definition) is 1. The van der Waals surface area contributed by atoms with Crippen LogP contribution < -0.4 is 14.8 Å². The zero-order valence-corrected chi connectivity index (χ0v) is 23.0. The maximum absolute atomic E-state index is 13.3. The summed E-state index contributed by atoms with van der Waals surface area (Å²) in [6.45, 7) is 9.87. The number of unbranched alkanes of at least 4 members (excludes halogenated alkanes) is 2. The molecule has 2 rings (SSSR count). The summed E-state index contributed by atoms with van der Waals surface area (Å²) in [6, 6.07) is 10.2. The highest BCUT2D eigenvalue weighted by molar-refractivity contribution is 6.31. The fourth-order valence-electron chi connectivity index (χ4n) is 3.56. The van der Waals surface area contributed by atoms with Crippen molar-refractivity contribution in [3.8, 4) is 11.5 Å². The second-order valence-electron chi connectivity index (χ2n) is 8.05. The van der Waals surface area contributed by atoms with Crippen LogP contribution in [0.2, 0.25) is 5.02 Å². The Kier molecular flexibility index (Phi) is 18.3. The van der Waals surface area contributed by atoms with Crippen LogP contribution in [0.25, 0.3) is 0 Å². The van der Waals surface area contributed by atoms with Gasteiger partial charge in [0.05, 0.1) is 12.1 Å². The Morgan fingerprint density at radius 2 is 1.62 bits per heavy atom. The number of rotatable bonds is 16. The molecule has 0 radical (unpaired) electrons. The van der Waals surface area contributed by atoms with Gasteiger partial charge >= 0.3 is 0 Å². The molecule has 0 amide bonds. The van der Waals surface area contributed by atoms with Gasteiger partial charge in [-0.25, -0.2) is 4.39 Å². The van der Waals surface area contributed by atoms with E-state index in [1.807, 2.05) is 18.2 Å². The Morgan fingerprint density at radius 1 is 0.941 bits per heavy atom. The van der Waals surface area contributed by atoms with Gasteiger partial charge < -0.3 is 19.7 Å². The van der Waals surface area contributed by atoms with Gasteiger partial charge in [-0.15, -0.1) is 24.8 Å². The number of methoxy groups -OCH3 is 1. The summed E-state index contributed by atoms with van der Waals surface area (Å²) in [5, 5.41) is 3.90. The number of nitrogens with zero attached hydrogens (tertiary/aromatic N) is 1. The van der Waals surface area contributed by atoms with Crippen molar-refractivity contribution in [3.63, 3.8) is 0 Å². The molecule has 0 fully saturated rings. The van der Waals surface area contributed by atoms with Crippen molar-refractivity contribution in [2.45, 2.75) is 59.1 Å². The highest BCUT2D eigenvalue weighted by atomic mass is 35.5. The first-order chi connectivity index (χ1) is 15.6. The predicted molar refractivity (Wildman–Crippen MR) is 146 cm³/mol. The lowest BCUT2D eigenvalue weighted by Gasteiger charge is -2.22. The first-order valence-corrected chi connectivity index (χ1v) is 12.1. The standard InChI is InChI=1S/C26H38ClFN2O2.2ClH/c1-4-6-15-30(16-7-5-2)17-9-14-29-19-21-10-8-11-25(31-3)26(21)32-20-22-12-13-23(28)18-24(22)27;;/h8,10-13,18,29H,4-7,9,14-17,19-20H2,1-3H3;2*1H. The van der Waals surface area contributed by atoms with Crippen molar-refractivity contribution < 1.29 is 13.9 Å². The van der Waals surface area contributed by atoms with Crippen LogP contribution in [0.5, 0.6) is 11.5 Å². The highest BCUT2D eigenvalue weighted by Crippen LogP contribution is 2.32. The van der Waals surface area contributed by atoms with Gasteiger partial charge in [-0.1, -0.05) is 56.5 Å². The van der Waals surface area contributed by atoms with Crippen molar-refractivity contribution in [3.05, 3.63) is 58.4 Å². The minimum absolute atomic E-state index is 0. The molecule has 0 aromatic heterocycles. The van der Waals surface area contributed by atoms with Crippen LogP contribution in [0.3, 0.4) is 0 Å². The lowest BCUT2D eigenvalue weighted by atomic mass is 10.1. The van der Waals surface area contributed by atoms with Crippen LogP contribution in [0.1, 0.15) is 57.1 Å². The molecule has 0 bridgehead atoms. The van der Waals surface area contributed by atoms with Gasteiger partial charge in [0.25, 0.3) is 0 Å². The molecule has 4 nitrogen and oxygen atoms in total. The summed E-state index contributed by atoms with van der Waals surface area (Å²) >= 11 is 6.15. The fraction of sp³-hybridized carbons (Fsp3) is 0.538. The number of para-hydroxylation sites is 1. The number of ether oxygens (including phenoxy) is 2. The third-order valence-electron chi connectivity index (χ3n) is 5.47. The first-order valence-electron chi connectivity index (χ1n) is 11.7. The van der Waals surface area contributed by atoms with Gasteiger partial charge in [0.2, 0.25) is 0 Å². The topological polar surface area (TPSA) is 33.7 Å². The summed E-state index contributed by atoms with van der Waals surface area (Å²) < 4.78 is 24.9. The van der Waals surface area contributed by atoms with Crippen LogP contribution in [0, 0.1) is 5.82 Å². The normalized spacial score (nSPS) is 10.5. The Morgan fingerprint density at radius 3 is 2.24 bits per heavy atom. The van der Waals surface area contributed by atoms with Crippen LogP contribution >= 0.6 is 36.4 Å². The molecular weight excluding hydrogens is 498 g/mol. The lowest BCUT2D eigenvalue weighted by molar-refractivity contribution is 0.260. The van der Waals surface area contributed by atoms with E-state index in [-0.39, 0.29) is 37.2 Å². The molecule has 1 N–H and O–H groups in total. The Hall–Kier alpha value is -1.24. The molecule has 194 valence electrons. The van der Waals surface area contributed by atoms with E-state index in [9.17, 15) is 4.39 Å². The minimum atomic E-state index is -0.358. The maximum atomic E-state index is 13.3. The van der Waals surface area contributed by atoms with Crippen molar-refractivity contribution in [1.82, 2.24) is 10.2 Å². The molecule has 0 unspecified atom stereocenters. The van der Waals surface area contributed by atoms with Gasteiger partial charge in [0.15, 0.2) is 11.5 Å². The average molecular weight is 538 g/mol. The zero-order chi connectivity index (χ0) is 23.2. The molecule has 34 heavy (non-hydrogen) atoms. The Labute approximate surface area is 222 Å². The van der Waals surface area contributed by atoms with Crippen LogP contribution in [-0.2, 0) is 13.2 Å². The van der Waals surface area contributed by atoms with Gasteiger partial charge in [-0.2, -0.15) is 0 Å². The average Bonchev–Trinajstić information content (AvgIpc) is 2.79. The van der Waals surface area contributed by atoms with E-state index in [0.717, 1.165) is 30.6 Å². The molecule has 0 saturated heterocycles. The molecule has 0 aliphatic carbocycles. The SMILES string of the molecule is CCCCN(CCCC)CCCNCc1cccc(OC)c1OCc1ccc(F)cc1Cl.Cl.Cl. The maximum Gasteiger partial charge on any atom is 0.166 e. The molecule has 8 heteroatoms. The number of hydrogen-bond acceptors (Lipinski definition) is 4. The van der Waals surface area contributed by atoms with Gasteiger partial charge in [0, 0.05) is 17.7 Å². The monoisotopic (exact) mass is 536 g/mol. The molecular formula is C26H40Cl3FN2O2. The van der Waals surface area contributed by atoms with Gasteiger partial charge in [-0.05, 0) is 63.6 Å². The summed E-state index contributed by atoms with van der Waals surface area (Å²) in [7, 11) is 1.63. The summed E-state index contributed by atoms with van der Waals surface area (Å²) in [5.74, 6) is 1.01. The third kappa shape index (κ3) is 11.5. The van der Waals surface area contributed by atoms with E-state index in [2.05, 4.69) is 24.1 Å². The molecule has 0 saturated carbocycles. The smallest absolute Gasteiger partial charge is 0.166 e. The van der Waals surface area contributed by atoms with E-state index in [1.165, 1.54) is 50.9 Å². The van der Waals surface area contributed by atoms with E-state index >= 15 is 0 Å². The van der Waals surface area contributed by atoms with E-state index < -0.39 is 0 Å². The van der Waals surface area contributed by atoms with E-state index in [1.54, 1.807) is 13.2 Å². The second kappa shape index (κ2) is 19.0. The largest absolute Gasteiger partial charge is 0.493 e. The molecule has 2 aromatic rings. The third-order valence-corrected chi connectivity index (χ3v) is 5.82. The molecule has 0 aliphatic heterocycles. The first kappa shape index (κ1) is 32.8. The van der Waals surface area contributed by atoms with Gasteiger partial charge in [-0.3, -0.25) is 0 Å². The molecule has 0 heterocycles. The lowest BCUT2D eigenvalue weighted by Crippen LogP contribution is -2.29. The zero-order valence-electron chi connectivity index (χ0n) is 20.6. The Balaban J connectivity index is 0.00000544. The highest BCUT2D eigenvalue weighted by Gasteiger charge is 2.12. The Bertz CT molecular complexity index is 804. The molecule has 0 atom stereocenters. The molecule has 0 spiro atoms. The summed E-state index contributed by atoms with van der Waals surface area (Å²) in [6.07, 6.45) is 6.11. The van der Waals surface area contributed by atoms with E-state index in [0.29, 0.717) is 23.1 Å². The van der Waals surface area contributed by atoms with Crippen LogP contribution in [-0.4, -0.2) is 38.2 Å². The minimum Gasteiger partial charge on any atom is -0.493 e.